The van der Waals surface area contributed by atoms with Crippen molar-refractivity contribution in [2.24, 2.45) is 0 Å². The second-order valence-corrected chi connectivity index (χ2v) is 5.10. The molecule has 0 saturated carbocycles. The van der Waals surface area contributed by atoms with E-state index in [1.165, 1.54) is 42.4 Å². The molecule has 1 aliphatic carbocycles. The highest BCUT2D eigenvalue weighted by Crippen LogP contribution is 2.27. The number of benzene rings is 1. The van der Waals surface area contributed by atoms with Crippen LogP contribution in [0.15, 0.2) is 36.5 Å². The molecule has 0 saturated heterocycles. The van der Waals surface area contributed by atoms with Gasteiger partial charge in [-0.1, -0.05) is 19.1 Å². The van der Waals surface area contributed by atoms with Gasteiger partial charge in [0.25, 0.3) is 0 Å². The molecule has 0 N–H and O–H groups in total. The van der Waals surface area contributed by atoms with Crippen LogP contribution in [0.5, 0.6) is 11.6 Å². The maximum Gasteiger partial charge on any atom is 0.219 e. The molecule has 0 amide bonds. The molecule has 0 aliphatic heterocycles. The molecule has 1 heterocycles. The minimum Gasteiger partial charge on any atom is -0.439 e. The van der Waals surface area contributed by atoms with E-state index in [0.29, 0.717) is 5.88 Å². The number of pyridine rings is 1. The summed E-state index contributed by atoms with van der Waals surface area (Å²) in [4.78, 5) is 4.33. The fraction of sp³-hybridized carbons (Fsp3) is 0.353. The molecule has 2 nitrogen and oxygen atoms in total. The van der Waals surface area contributed by atoms with Crippen molar-refractivity contribution in [3.8, 4) is 11.6 Å². The van der Waals surface area contributed by atoms with Crippen molar-refractivity contribution in [1.82, 2.24) is 4.98 Å². The van der Waals surface area contributed by atoms with Gasteiger partial charge in [-0.05, 0) is 60.9 Å². The van der Waals surface area contributed by atoms with Gasteiger partial charge in [0.2, 0.25) is 5.88 Å². The first-order valence-corrected chi connectivity index (χ1v) is 7.10. The van der Waals surface area contributed by atoms with Crippen LogP contribution in [-0.4, -0.2) is 4.98 Å². The molecule has 2 heteroatoms. The number of aryl methyl sites for hydroxylation is 3. The van der Waals surface area contributed by atoms with Gasteiger partial charge in [-0.25, -0.2) is 4.98 Å². The molecule has 0 spiro atoms. The fourth-order valence-corrected chi connectivity index (χ4v) is 2.57. The van der Waals surface area contributed by atoms with Gasteiger partial charge in [0.15, 0.2) is 0 Å². The predicted octanol–water partition coefficient (Wildman–Crippen LogP) is 4.32. The molecule has 1 aliphatic rings. The van der Waals surface area contributed by atoms with E-state index in [4.69, 9.17) is 4.74 Å². The van der Waals surface area contributed by atoms with Crippen molar-refractivity contribution in [3.05, 3.63) is 53.2 Å². The molecule has 0 bridgehead atoms. The lowest BCUT2D eigenvalue weighted by molar-refractivity contribution is 0.461. The van der Waals surface area contributed by atoms with Gasteiger partial charge >= 0.3 is 0 Å². The molecule has 98 valence electrons. The minimum atomic E-state index is 0.674. The van der Waals surface area contributed by atoms with E-state index < -0.39 is 0 Å². The van der Waals surface area contributed by atoms with Crippen LogP contribution >= 0.6 is 0 Å². The van der Waals surface area contributed by atoms with E-state index in [9.17, 15) is 0 Å². The van der Waals surface area contributed by atoms with Crippen LogP contribution in [0.25, 0.3) is 0 Å². The van der Waals surface area contributed by atoms with Crippen molar-refractivity contribution in [3.63, 3.8) is 0 Å². The van der Waals surface area contributed by atoms with Gasteiger partial charge in [0.1, 0.15) is 5.75 Å². The van der Waals surface area contributed by atoms with Crippen LogP contribution < -0.4 is 4.74 Å². The van der Waals surface area contributed by atoms with Crippen molar-refractivity contribution in [1.29, 1.82) is 0 Å². The zero-order valence-corrected chi connectivity index (χ0v) is 11.4. The first kappa shape index (κ1) is 12.2. The van der Waals surface area contributed by atoms with E-state index in [-0.39, 0.29) is 0 Å². The van der Waals surface area contributed by atoms with Crippen LogP contribution in [0.2, 0.25) is 0 Å². The topological polar surface area (TPSA) is 22.1 Å². The standard InChI is InChI=1S/C17H19NO/c1-2-13-7-10-17(18-12-13)19-16-9-8-14-5-3-4-6-15(14)11-16/h7-12H,2-6H2,1H3. The van der Waals surface area contributed by atoms with Crippen LogP contribution in [0.3, 0.4) is 0 Å². The van der Waals surface area contributed by atoms with Crippen LogP contribution in [0.4, 0.5) is 0 Å². The molecule has 0 radical (unpaired) electrons. The molecule has 1 aromatic heterocycles. The van der Waals surface area contributed by atoms with Crippen LogP contribution in [0.1, 0.15) is 36.5 Å². The first-order valence-electron chi connectivity index (χ1n) is 7.10. The summed E-state index contributed by atoms with van der Waals surface area (Å²) in [5, 5.41) is 0. The summed E-state index contributed by atoms with van der Waals surface area (Å²) in [5.74, 6) is 1.57. The summed E-state index contributed by atoms with van der Waals surface area (Å²) in [7, 11) is 0. The Kier molecular flexibility index (Phi) is 3.49. The molecule has 0 fully saturated rings. The minimum absolute atomic E-state index is 0.674. The van der Waals surface area contributed by atoms with Gasteiger partial charge < -0.3 is 4.74 Å². The number of rotatable bonds is 3. The summed E-state index contributed by atoms with van der Waals surface area (Å²) < 4.78 is 5.83. The Balaban J connectivity index is 1.78. The monoisotopic (exact) mass is 253 g/mol. The highest BCUT2D eigenvalue weighted by molar-refractivity contribution is 5.38. The Bertz CT molecular complexity index is 560. The van der Waals surface area contributed by atoms with Gasteiger partial charge in [-0.15, -0.1) is 0 Å². The lowest BCUT2D eigenvalue weighted by atomic mass is 9.92. The quantitative estimate of drug-likeness (QED) is 0.813. The number of hydrogen-bond acceptors (Lipinski definition) is 2. The largest absolute Gasteiger partial charge is 0.439 e. The van der Waals surface area contributed by atoms with Gasteiger partial charge in [-0.3, -0.25) is 0 Å². The summed E-state index contributed by atoms with van der Waals surface area (Å²) in [6.07, 6.45) is 7.88. The summed E-state index contributed by atoms with van der Waals surface area (Å²) >= 11 is 0. The van der Waals surface area contributed by atoms with Crippen molar-refractivity contribution in [2.75, 3.05) is 0 Å². The third-order valence-corrected chi connectivity index (χ3v) is 3.75. The summed E-state index contributed by atoms with van der Waals surface area (Å²) in [6.45, 7) is 2.13. The van der Waals surface area contributed by atoms with E-state index in [0.717, 1.165) is 12.2 Å². The number of nitrogens with zero attached hydrogens (tertiary/aromatic N) is 1. The SMILES string of the molecule is CCc1ccc(Oc2ccc3c(c2)CCCC3)nc1. The molecule has 0 unspecified atom stereocenters. The number of fused-ring (bicyclic) bond motifs is 1. The van der Waals surface area contributed by atoms with Crippen LogP contribution in [0, 0.1) is 0 Å². The average Bonchev–Trinajstić information content (AvgIpc) is 2.48. The molecular formula is C17H19NO. The maximum atomic E-state index is 5.83. The number of ether oxygens (including phenoxy) is 1. The lowest BCUT2D eigenvalue weighted by Gasteiger charge is -2.16. The Morgan fingerprint density at radius 2 is 1.89 bits per heavy atom. The van der Waals surface area contributed by atoms with Crippen molar-refractivity contribution in [2.45, 2.75) is 39.0 Å². The second-order valence-electron chi connectivity index (χ2n) is 5.10. The number of aromatic nitrogens is 1. The molecule has 0 atom stereocenters. The molecule has 1 aromatic carbocycles. The summed E-state index contributed by atoms with van der Waals surface area (Å²) in [5.41, 5.74) is 4.15. The molecule has 3 rings (SSSR count). The smallest absolute Gasteiger partial charge is 0.219 e. The Morgan fingerprint density at radius 3 is 2.63 bits per heavy atom. The van der Waals surface area contributed by atoms with Crippen LogP contribution in [-0.2, 0) is 19.3 Å². The maximum absolute atomic E-state index is 5.83. The normalized spacial score (nSPS) is 13.9. The predicted molar refractivity (Wildman–Crippen MR) is 76.8 cm³/mol. The van der Waals surface area contributed by atoms with Gasteiger partial charge in [0.05, 0.1) is 0 Å². The third-order valence-electron chi connectivity index (χ3n) is 3.75. The Labute approximate surface area is 114 Å². The Morgan fingerprint density at radius 1 is 1.05 bits per heavy atom. The third kappa shape index (κ3) is 2.78. The Hall–Kier alpha value is -1.83. The van der Waals surface area contributed by atoms with Crippen molar-refractivity contribution >= 4 is 0 Å². The van der Waals surface area contributed by atoms with E-state index >= 15 is 0 Å². The van der Waals surface area contributed by atoms with Gasteiger partial charge in [0, 0.05) is 12.3 Å². The molecular weight excluding hydrogens is 234 g/mol. The van der Waals surface area contributed by atoms with Gasteiger partial charge in [-0.2, -0.15) is 0 Å². The number of hydrogen-bond donors (Lipinski definition) is 0. The first-order chi connectivity index (χ1) is 9.35. The fourth-order valence-electron chi connectivity index (χ4n) is 2.57. The molecule has 19 heavy (non-hydrogen) atoms. The zero-order valence-electron chi connectivity index (χ0n) is 11.4. The van der Waals surface area contributed by atoms with E-state index in [1.807, 2.05) is 12.3 Å². The highest BCUT2D eigenvalue weighted by Gasteiger charge is 2.10. The highest BCUT2D eigenvalue weighted by atomic mass is 16.5. The molecule has 2 aromatic rings. The lowest BCUT2D eigenvalue weighted by Crippen LogP contribution is -2.02. The zero-order chi connectivity index (χ0) is 13.1. The second kappa shape index (κ2) is 5.43. The average molecular weight is 253 g/mol. The van der Waals surface area contributed by atoms with E-state index in [2.05, 4.69) is 36.2 Å². The van der Waals surface area contributed by atoms with Crippen molar-refractivity contribution < 1.29 is 4.74 Å². The summed E-state index contributed by atoms with van der Waals surface area (Å²) in [6, 6.07) is 10.4. The van der Waals surface area contributed by atoms with E-state index in [1.54, 1.807) is 0 Å².